The van der Waals surface area contributed by atoms with Crippen LogP contribution in [0.15, 0.2) is 53.4 Å². The zero-order valence-corrected chi connectivity index (χ0v) is 15.1. The van der Waals surface area contributed by atoms with Crippen molar-refractivity contribution in [2.45, 2.75) is 42.5 Å². The van der Waals surface area contributed by atoms with E-state index in [4.69, 9.17) is 5.73 Å². The van der Waals surface area contributed by atoms with Crippen molar-refractivity contribution in [1.82, 2.24) is 4.31 Å². The van der Waals surface area contributed by atoms with Gasteiger partial charge in [-0.25, -0.2) is 8.42 Å². The van der Waals surface area contributed by atoms with E-state index in [1.165, 1.54) is 17.5 Å². The third-order valence-corrected chi connectivity index (χ3v) is 7.34. The summed E-state index contributed by atoms with van der Waals surface area (Å²) in [6, 6.07) is 15.4. The maximum Gasteiger partial charge on any atom is 0.243 e. The van der Waals surface area contributed by atoms with E-state index in [1.807, 2.05) is 42.5 Å². The summed E-state index contributed by atoms with van der Waals surface area (Å²) < 4.78 is 27.8. The van der Waals surface area contributed by atoms with E-state index in [2.05, 4.69) is 0 Å². The predicted octanol–water partition coefficient (Wildman–Crippen LogP) is 2.68. The highest BCUT2D eigenvalue weighted by molar-refractivity contribution is 7.89. The summed E-state index contributed by atoms with van der Waals surface area (Å²) in [5.74, 6) is 0.0496. The van der Waals surface area contributed by atoms with Crippen molar-refractivity contribution < 1.29 is 8.42 Å². The number of benzene rings is 2. The highest BCUT2D eigenvalue weighted by Gasteiger charge is 2.38. The molecule has 0 bridgehead atoms. The summed E-state index contributed by atoms with van der Waals surface area (Å²) in [6.45, 7) is 0.823. The summed E-state index contributed by atoms with van der Waals surface area (Å²) in [5.41, 5.74) is 9.88. The molecule has 0 radical (unpaired) electrons. The summed E-state index contributed by atoms with van der Waals surface area (Å²) in [6.07, 6.45) is 4.37. The van der Waals surface area contributed by atoms with Crippen LogP contribution in [0.25, 0.3) is 0 Å². The first-order valence-corrected chi connectivity index (χ1v) is 10.4. The third kappa shape index (κ3) is 3.12. The first kappa shape index (κ1) is 16.8. The number of rotatable bonds is 3. The minimum absolute atomic E-state index is 0.0496. The SMILES string of the molecule is N[C@@H]1CN(S(=O)(=O)c2ccc3c(c2)CCCC3)C[C@H]1c1ccccc1. The lowest BCUT2D eigenvalue weighted by Crippen LogP contribution is -2.32. The first-order valence-electron chi connectivity index (χ1n) is 8.98. The van der Waals surface area contributed by atoms with E-state index >= 15 is 0 Å². The molecule has 4 nitrogen and oxygen atoms in total. The highest BCUT2D eigenvalue weighted by atomic mass is 32.2. The third-order valence-electron chi connectivity index (χ3n) is 5.52. The van der Waals surface area contributed by atoms with E-state index in [0.29, 0.717) is 18.0 Å². The van der Waals surface area contributed by atoms with Gasteiger partial charge >= 0.3 is 0 Å². The van der Waals surface area contributed by atoms with Crippen LogP contribution in [0.5, 0.6) is 0 Å². The van der Waals surface area contributed by atoms with Gasteiger partial charge in [0.25, 0.3) is 0 Å². The van der Waals surface area contributed by atoms with Crippen molar-refractivity contribution >= 4 is 10.0 Å². The Labute approximate surface area is 149 Å². The number of fused-ring (bicyclic) bond motifs is 1. The zero-order chi connectivity index (χ0) is 17.4. The number of hydrogen-bond acceptors (Lipinski definition) is 3. The van der Waals surface area contributed by atoms with Gasteiger partial charge in [0.1, 0.15) is 0 Å². The largest absolute Gasteiger partial charge is 0.326 e. The molecule has 0 aromatic heterocycles. The summed E-state index contributed by atoms with van der Waals surface area (Å²) >= 11 is 0. The van der Waals surface area contributed by atoms with Crippen LogP contribution in [0.2, 0.25) is 0 Å². The summed E-state index contributed by atoms with van der Waals surface area (Å²) in [7, 11) is -3.49. The lowest BCUT2D eigenvalue weighted by atomic mass is 9.92. The molecule has 1 aliphatic carbocycles. The number of aryl methyl sites for hydroxylation is 2. The maximum atomic E-state index is 13.1. The number of hydrogen-bond donors (Lipinski definition) is 1. The zero-order valence-electron chi connectivity index (χ0n) is 14.3. The van der Waals surface area contributed by atoms with Gasteiger partial charge in [0.15, 0.2) is 0 Å². The Hall–Kier alpha value is -1.69. The van der Waals surface area contributed by atoms with Gasteiger partial charge in [-0.2, -0.15) is 4.31 Å². The molecule has 1 heterocycles. The average molecular weight is 356 g/mol. The summed E-state index contributed by atoms with van der Waals surface area (Å²) in [4.78, 5) is 0.411. The lowest BCUT2D eigenvalue weighted by Gasteiger charge is -2.20. The van der Waals surface area contributed by atoms with Gasteiger partial charge in [0.2, 0.25) is 10.0 Å². The number of nitrogens with zero attached hydrogens (tertiary/aromatic N) is 1. The molecule has 132 valence electrons. The van der Waals surface area contributed by atoms with E-state index in [0.717, 1.165) is 24.8 Å². The molecule has 2 aromatic carbocycles. The highest BCUT2D eigenvalue weighted by Crippen LogP contribution is 2.32. The van der Waals surface area contributed by atoms with Crippen LogP contribution in [-0.2, 0) is 22.9 Å². The second-order valence-electron chi connectivity index (χ2n) is 7.14. The Balaban J connectivity index is 1.61. The van der Waals surface area contributed by atoms with E-state index in [-0.39, 0.29) is 12.0 Å². The van der Waals surface area contributed by atoms with Gasteiger partial charge in [0, 0.05) is 25.0 Å². The Morgan fingerprint density at radius 2 is 1.64 bits per heavy atom. The number of sulfonamides is 1. The quantitative estimate of drug-likeness (QED) is 0.920. The van der Waals surface area contributed by atoms with E-state index < -0.39 is 10.0 Å². The van der Waals surface area contributed by atoms with Crippen molar-refractivity contribution in [2.24, 2.45) is 5.73 Å². The van der Waals surface area contributed by atoms with Crippen molar-refractivity contribution in [3.8, 4) is 0 Å². The normalized spacial score (nSPS) is 24.2. The predicted molar refractivity (Wildman–Crippen MR) is 99.0 cm³/mol. The van der Waals surface area contributed by atoms with E-state index in [9.17, 15) is 8.42 Å². The Kier molecular flexibility index (Phi) is 4.40. The van der Waals surface area contributed by atoms with Crippen molar-refractivity contribution in [1.29, 1.82) is 0 Å². The molecule has 0 amide bonds. The molecule has 0 unspecified atom stereocenters. The second kappa shape index (κ2) is 6.56. The molecule has 2 aliphatic rings. The minimum Gasteiger partial charge on any atom is -0.326 e. The van der Waals surface area contributed by atoms with Gasteiger partial charge in [-0.3, -0.25) is 0 Å². The van der Waals surface area contributed by atoms with Crippen LogP contribution in [0.3, 0.4) is 0 Å². The molecule has 1 fully saturated rings. The molecule has 4 rings (SSSR count). The molecule has 2 aromatic rings. The second-order valence-corrected chi connectivity index (χ2v) is 9.08. The minimum atomic E-state index is -3.49. The summed E-state index contributed by atoms with van der Waals surface area (Å²) in [5, 5.41) is 0. The maximum absolute atomic E-state index is 13.1. The van der Waals surface area contributed by atoms with Crippen LogP contribution in [0, 0.1) is 0 Å². The fourth-order valence-corrected chi connectivity index (χ4v) is 5.61. The van der Waals surface area contributed by atoms with Crippen LogP contribution in [0.1, 0.15) is 35.4 Å². The standard InChI is InChI=1S/C20H24N2O2S/c21-20-14-22(13-19(20)16-7-2-1-3-8-16)25(23,24)18-11-10-15-6-4-5-9-17(15)12-18/h1-3,7-8,10-12,19-20H,4-6,9,13-14,21H2/t19-,20+/m0/s1. The fourth-order valence-electron chi connectivity index (χ4n) is 4.06. The lowest BCUT2D eigenvalue weighted by molar-refractivity contribution is 0.470. The van der Waals surface area contributed by atoms with Gasteiger partial charge in [-0.1, -0.05) is 36.4 Å². The van der Waals surface area contributed by atoms with Gasteiger partial charge in [0.05, 0.1) is 4.90 Å². The fraction of sp³-hybridized carbons (Fsp3) is 0.400. The molecule has 0 spiro atoms. The van der Waals surface area contributed by atoms with Crippen LogP contribution in [-0.4, -0.2) is 31.9 Å². The molecule has 2 N–H and O–H groups in total. The van der Waals surface area contributed by atoms with Gasteiger partial charge < -0.3 is 5.73 Å². The molecular formula is C20H24N2O2S. The average Bonchev–Trinajstić information content (AvgIpc) is 3.04. The topological polar surface area (TPSA) is 63.4 Å². The first-order chi connectivity index (χ1) is 12.1. The molecule has 25 heavy (non-hydrogen) atoms. The van der Waals surface area contributed by atoms with E-state index in [1.54, 1.807) is 10.4 Å². The molecular weight excluding hydrogens is 332 g/mol. The monoisotopic (exact) mass is 356 g/mol. The Morgan fingerprint density at radius 1 is 0.920 bits per heavy atom. The van der Waals surface area contributed by atoms with Crippen LogP contribution < -0.4 is 5.73 Å². The Bertz CT molecular complexity index is 865. The molecule has 5 heteroatoms. The van der Waals surface area contributed by atoms with Crippen molar-refractivity contribution in [3.05, 3.63) is 65.2 Å². The molecule has 1 aliphatic heterocycles. The Morgan fingerprint density at radius 3 is 2.40 bits per heavy atom. The van der Waals surface area contributed by atoms with Crippen molar-refractivity contribution in [2.75, 3.05) is 13.1 Å². The van der Waals surface area contributed by atoms with Crippen molar-refractivity contribution in [3.63, 3.8) is 0 Å². The molecule has 2 atom stereocenters. The molecule has 1 saturated heterocycles. The molecule has 0 saturated carbocycles. The van der Waals surface area contributed by atoms with Crippen LogP contribution in [0.4, 0.5) is 0 Å². The smallest absolute Gasteiger partial charge is 0.243 e. The van der Waals surface area contributed by atoms with Gasteiger partial charge in [-0.05, 0) is 54.5 Å². The van der Waals surface area contributed by atoms with Gasteiger partial charge in [-0.15, -0.1) is 0 Å². The van der Waals surface area contributed by atoms with Crippen LogP contribution >= 0.6 is 0 Å². The number of nitrogens with two attached hydrogens (primary N) is 1.